The smallest absolute Gasteiger partial charge is 0.306 e. The lowest BCUT2D eigenvalue weighted by Gasteiger charge is -2.28. The minimum atomic E-state index is -4.62. The van der Waals surface area contributed by atoms with E-state index >= 15 is 0 Å². The molecule has 0 saturated carbocycles. The number of phosphoric acid groups is 1. The molecule has 2 atom stereocenters. The number of hydrogen-bond donors (Lipinski definition) is 0. The molecule has 0 amide bonds. The molecule has 0 N–H and O–H groups in total. The third-order valence-electron chi connectivity index (χ3n) is 9.16. The van der Waals surface area contributed by atoms with Crippen molar-refractivity contribution < 1.29 is 46.4 Å². The van der Waals surface area contributed by atoms with Crippen molar-refractivity contribution in [2.45, 2.75) is 193 Å². The van der Waals surface area contributed by atoms with Crippen LogP contribution in [0.1, 0.15) is 187 Å². The Kier molecular flexibility index (Phi) is 34.0. The Morgan fingerprint density at radius 1 is 0.588 bits per heavy atom. The molecule has 0 fully saturated rings. The van der Waals surface area contributed by atoms with Crippen LogP contribution < -0.4 is 4.89 Å². The second-order valence-corrected chi connectivity index (χ2v) is 16.8. The van der Waals surface area contributed by atoms with Crippen molar-refractivity contribution in [2.24, 2.45) is 0 Å². The highest BCUT2D eigenvalue weighted by Gasteiger charge is 2.21. The van der Waals surface area contributed by atoms with Gasteiger partial charge in [0.2, 0.25) is 0 Å². The first-order valence-electron chi connectivity index (χ1n) is 20.8. The molecule has 0 bridgehead atoms. The summed E-state index contributed by atoms with van der Waals surface area (Å²) in [4.78, 5) is 37.4. The second-order valence-electron chi connectivity index (χ2n) is 15.4. The van der Waals surface area contributed by atoms with Gasteiger partial charge in [0.15, 0.2) is 6.10 Å². The number of esters is 2. The first-order chi connectivity index (χ1) is 24.5. The summed E-state index contributed by atoms with van der Waals surface area (Å²) in [6, 6.07) is 0. The van der Waals surface area contributed by atoms with Gasteiger partial charge in [-0.3, -0.25) is 18.5 Å². The van der Waals surface area contributed by atoms with E-state index in [1.807, 2.05) is 21.1 Å². The molecule has 51 heavy (non-hydrogen) atoms. The summed E-state index contributed by atoms with van der Waals surface area (Å²) < 4.78 is 45.9. The Morgan fingerprint density at radius 3 is 1.39 bits per heavy atom. The Labute approximate surface area is 312 Å². The van der Waals surface area contributed by atoms with E-state index in [-0.39, 0.29) is 32.7 Å². The average Bonchev–Trinajstić information content (AvgIpc) is 3.07. The van der Waals surface area contributed by atoms with E-state index in [2.05, 4.69) is 6.92 Å². The highest BCUT2D eigenvalue weighted by Crippen LogP contribution is 2.38. The topological polar surface area (TPSA) is 111 Å². The number of ether oxygens (including phenoxy) is 2. The lowest BCUT2D eigenvalue weighted by Crippen LogP contribution is -2.37. The molecule has 0 aromatic heterocycles. The summed E-state index contributed by atoms with van der Waals surface area (Å²) in [6.07, 6.45) is 29.2. The van der Waals surface area contributed by atoms with E-state index in [1.54, 1.807) is 0 Å². The molecule has 11 heteroatoms. The van der Waals surface area contributed by atoms with Gasteiger partial charge in [0.1, 0.15) is 19.8 Å². The van der Waals surface area contributed by atoms with Crippen molar-refractivity contribution in [1.29, 1.82) is 0 Å². The third-order valence-corrected chi connectivity index (χ3v) is 10.1. The number of halogens is 1. The van der Waals surface area contributed by atoms with Crippen molar-refractivity contribution in [1.82, 2.24) is 0 Å². The predicted molar refractivity (Wildman–Crippen MR) is 204 cm³/mol. The molecule has 0 spiro atoms. The molecule has 0 radical (unpaired) electrons. The SMILES string of the molecule is CCCCCCCCCCCCCCCC(=O)OCC(COP(=O)([O-])OCC[N+](C)(C)C)OC(=O)CCCCCCCCCCCCCCCF. The van der Waals surface area contributed by atoms with E-state index in [9.17, 15) is 23.4 Å². The van der Waals surface area contributed by atoms with Crippen LogP contribution in [0, 0.1) is 0 Å². The van der Waals surface area contributed by atoms with Gasteiger partial charge in [-0.15, -0.1) is 0 Å². The molecule has 0 saturated heterocycles. The summed E-state index contributed by atoms with van der Waals surface area (Å²) in [5.41, 5.74) is 0. The first-order valence-corrected chi connectivity index (χ1v) is 22.3. The van der Waals surface area contributed by atoms with Gasteiger partial charge in [-0.25, -0.2) is 0 Å². The summed E-state index contributed by atoms with van der Waals surface area (Å²) in [5, 5.41) is 0. The Hall–Kier alpha value is -1.06. The number of likely N-dealkylation sites (N-methyl/N-ethyl adjacent to an activating group) is 1. The molecule has 2 unspecified atom stereocenters. The van der Waals surface area contributed by atoms with E-state index in [4.69, 9.17) is 18.5 Å². The third kappa shape index (κ3) is 38.5. The Balaban J connectivity index is 4.35. The van der Waals surface area contributed by atoms with Gasteiger partial charge >= 0.3 is 11.9 Å². The van der Waals surface area contributed by atoms with Crippen molar-refractivity contribution >= 4 is 19.8 Å². The van der Waals surface area contributed by atoms with E-state index < -0.39 is 32.5 Å². The number of carbonyl (C=O) groups excluding carboxylic acids is 2. The number of quaternary nitrogens is 1. The maximum Gasteiger partial charge on any atom is 0.306 e. The summed E-state index contributed by atoms with van der Waals surface area (Å²) in [5.74, 6) is -0.855. The fourth-order valence-corrected chi connectivity index (χ4v) is 6.58. The fourth-order valence-electron chi connectivity index (χ4n) is 5.85. The van der Waals surface area contributed by atoms with Gasteiger partial charge in [-0.1, -0.05) is 155 Å². The highest BCUT2D eigenvalue weighted by molar-refractivity contribution is 7.45. The lowest BCUT2D eigenvalue weighted by atomic mass is 10.0. The van der Waals surface area contributed by atoms with E-state index in [0.717, 1.165) is 51.4 Å². The molecule has 304 valence electrons. The van der Waals surface area contributed by atoms with Gasteiger partial charge in [0, 0.05) is 12.8 Å². The maximum absolute atomic E-state index is 12.6. The second kappa shape index (κ2) is 34.7. The number of hydrogen-bond acceptors (Lipinski definition) is 8. The van der Waals surface area contributed by atoms with Crippen molar-refractivity contribution in [3.8, 4) is 0 Å². The largest absolute Gasteiger partial charge is 0.756 e. The first kappa shape index (κ1) is 49.9. The lowest BCUT2D eigenvalue weighted by molar-refractivity contribution is -0.870. The van der Waals surface area contributed by atoms with Crippen LogP contribution in [-0.2, 0) is 32.7 Å². The summed E-state index contributed by atoms with van der Waals surface area (Å²) >= 11 is 0. The highest BCUT2D eigenvalue weighted by atomic mass is 31.2. The zero-order chi connectivity index (χ0) is 37.9. The molecule has 0 heterocycles. The number of nitrogens with zero attached hydrogens (tertiary/aromatic N) is 1. The van der Waals surface area contributed by atoms with Crippen LogP contribution in [0.15, 0.2) is 0 Å². The van der Waals surface area contributed by atoms with Gasteiger partial charge in [-0.2, -0.15) is 0 Å². The normalized spacial score (nSPS) is 13.6. The molecular formula is C40H79FNO8P. The van der Waals surface area contributed by atoms with Gasteiger partial charge in [-0.05, 0) is 19.3 Å². The number of alkyl halides is 1. The summed E-state index contributed by atoms with van der Waals surface area (Å²) in [6.45, 7) is 1.74. The van der Waals surface area contributed by atoms with Gasteiger partial charge in [0.05, 0.1) is 34.4 Å². The average molecular weight is 752 g/mol. The van der Waals surface area contributed by atoms with Gasteiger partial charge in [0.25, 0.3) is 7.82 Å². The number of carbonyl (C=O) groups is 2. The van der Waals surface area contributed by atoms with Gasteiger partial charge < -0.3 is 27.9 Å². The number of phosphoric ester groups is 1. The van der Waals surface area contributed by atoms with E-state index in [1.165, 1.54) is 103 Å². The molecule has 0 aliphatic heterocycles. The van der Waals surface area contributed by atoms with Crippen molar-refractivity contribution in [3.05, 3.63) is 0 Å². The number of rotatable bonds is 39. The molecule has 0 rings (SSSR count). The maximum atomic E-state index is 12.6. The molecule has 0 aliphatic carbocycles. The standard InChI is InChI=1S/C40H79FNO8P/c1-5-6-7-8-9-10-11-13-16-19-22-25-28-31-39(43)47-36-38(37-49-51(45,46)48-35-34-42(2,3)4)50-40(44)32-29-26-23-20-17-14-12-15-18-21-24-27-30-33-41/h38H,5-37H2,1-4H3. The molecular weight excluding hydrogens is 672 g/mol. The molecule has 0 aromatic rings. The van der Waals surface area contributed by atoms with E-state index in [0.29, 0.717) is 23.9 Å². The van der Waals surface area contributed by atoms with Crippen LogP contribution in [0.5, 0.6) is 0 Å². The van der Waals surface area contributed by atoms with Crippen molar-refractivity contribution in [3.63, 3.8) is 0 Å². The van der Waals surface area contributed by atoms with Crippen LogP contribution in [0.2, 0.25) is 0 Å². The fraction of sp³-hybridized carbons (Fsp3) is 0.950. The predicted octanol–water partition coefficient (Wildman–Crippen LogP) is 10.6. The Morgan fingerprint density at radius 2 is 0.980 bits per heavy atom. The van der Waals surface area contributed by atoms with Crippen LogP contribution in [0.4, 0.5) is 4.39 Å². The molecule has 0 aromatic carbocycles. The molecule has 0 aliphatic rings. The molecule has 9 nitrogen and oxygen atoms in total. The Bertz CT molecular complexity index is 857. The number of unbranched alkanes of at least 4 members (excludes halogenated alkanes) is 24. The zero-order valence-corrected chi connectivity index (χ0v) is 34.3. The summed E-state index contributed by atoms with van der Waals surface area (Å²) in [7, 11) is 1.14. The minimum Gasteiger partial charge on any atom is -0.756 e. The quantitative estimate of drug-likeness (QED) is 0.0264. The minimum absolute atomic E-state index is 0.0362. The van der Waals surface area contributed by atoms with Crippen molar-refractivity contribution in [2.75, 3.05) is 54.2 Å². The monoisotopic (exact) mass is 752 g/mol. The van der Waals surface area contributed by atoms with Crippen LogP contribution >= 0.6 is 7.82 Å². The van der Waals surface area contributed by atoms with Crippen LogP contribution in [0.25, 0.3) is 0 Å². The zero-order valence-electron chi connectivity index (χ0n) is 33.5. The van der Waals surface area contributed by atoms with Crippen LogP contribution in [-0.4, -0.2) is 76.7 Å². The van der Waals surface area contributed by atoms with Crippen LogP contribution in [0.3, 0.4) is 0 Å².